The number of benzene rings is 6. The molecule has 76 heavy (non-hydrogen) atoms. The summed E-state index contributed by atoms with van der Waals surface area (Å²) in [7, 11) is -2.54. The number of nitrogen functional groups attached to an aromatic ring is 1. The summed E-state index contributed by atoms with van der Waals surface area (Å²) in [6, 6.07) is 42.9. The normalized spacial score (nSPS) is 16.2. The van der Waals surface area contributed by atoms with Crippen LogP contribution in [0.2, 0.25) is 0 Å². The van der Waals surface area contributed by atoms with Gasteiger partial charge in [-0.2, -0.15) is 0 Å². The highest BCUT2D eigenvalue weighted by atomic mass is 32.2. The number of likely N-dealkylation sites (N-methyl/N-ethyl adjacent to an activating group) is 3. The molecule has 10 rings (SSSR count). The third-order valence-corrected chi connectivity index (χ3v) is 19.2. The molecule has 3 saturated heterocycles. The summed E-state index contributed by atoms with van der Waals surface area (Å²) < 4.78 is 81.9. The SMILES string of the molecule is CN1CCN(c2cccc(CS(=O)(=O)c3ccccc3)c2N)CC1.CN1CCN(c2cccc3c(S(=O)(=O)c4ccccc4)c[nH]c23)CC1.COC=Nc1c(CS(=O)(=O)c2ccccc2)cccc1N1CCN(C)CC1. The molecule has 0 bridgehead atoms. The van der Waals surface area contributed by atoms with Gasteiger partial charge < -0.3 is 44.9 Å². The molecule has 3 aliphatic rings. The molecule has 0 radical (unpaired) electrons. The summed E-state index contributed by atoms with van der Waals surface area (Å²) in [4.78, 5) is 22.6. The molecule has 3 fully saturated rings. The molecule has 7 aromatic rings. The summed E-state index contributed by atoms with van der Waals surface area (Å²) in [6.45, 7) is 11.3. The second-order valence-electron chi connectivity index (χ2n) is 19.3. The number of sulfone groups is 3. The molecule has 3 aliphatic heterocycles. The molecule has 0 amide bonds. The molecular formula is C57H69N9O7S3. The van der Waals surface area contributed by atoms with Crippen LogP contribution < -0.4 is 20.4 Å². The number of hydrogen-bond donors (Lipinski definition) is 2. The lowest BCUT2D eigenvalue weighted by Crippen LogP contribution is -2.44. The van der Waals surface area contributed by atoms with E-state index in [1.807, 2.05) is 48.5 Å². The van der Waals surface area contributed by atoms with Gasteiger partial charge in [0.2, 0.25) is 9.84 Å². The van der Waals surface area contributed by atoms with Crippen molar-refractivity contribution in [3.8, 4) is 0 Å². The van der Waals surface area contributed by atoms with Crippen LogP contribution in [0, 0.1) is 0 Å². The topological polar surface area (TPSA) is 185 Å². The number of nitrogens with zero attached hydrogens (tertiary/aromatic N) is 7. The number of ether oxygens (including phenoxy) is 1. The fourth-order valence-electron chi connectivity index (χ4n) is 9.50. The van der Waals surface area contributed by atoms with Crippen LogP contribution in [0.4, 0.5) is 28.4 Å². The lowest BCUT2D eigenvalue weighted by atomic mass is 10.1. The molecule has 0 unspecified atom stereocenters. The highest BCUT2D eigenvalue weighted by molar-refractivity contribution is 7.92. The second-order valence-corrected chi connectivity index (χ2v) is 25.2. The van der Waals surface area contributed by atoms with E-state index in [-0.39, 0.29) is 11.5 Å². The highest BCUT2D eigenvalue weighted by Crippen LogP contribution is 2.37. The van der Waals surface area contributed by atoms with Gasteiger partial charge >= 0.3 is 0 Å². The van der Waals surface area contributed by atoms with Gasteiger partial charge in [-0.25, -0.2) is 30.2 Å². The standard InChI is InChI=1S/C20H25N3O3S.C19H21N3O2S.C18H23N3O2S/c1-22-11-13-23(14-12-22)19-10-6-7-17(20(19)21-16-26-2)15-27(24,25)18-8-4-3-5-9-18;1-21-10-12-22(13-11-21)17-9-5-8-16-18(14-20-19(16)17)25(23,24)15-6-3-2-4-7-15;1-20-10-12-21(13-11-20)17-9-5-6-15(18(17)19)14-24(22,23)16-7-3-2-4-8-16/h3-10,16H,11-15H2,1-2H3;2-9,14,20H,10-13H2,1H3;2-9H,10-14,19H2,1H3. The number of fused-ring (bicyclic) bond motifs is 1. The number of H-pyrrole nitrogens is 1. The maximum atomic E-state index is 13.0. The molecule has 0 saturated carbocycles. The number of piperazine rings is 3. The van der Waals surface area contributed by atoms with Gasteiger partial charge in [0, 0.05) is 90.1 Å². The molecule has 19 heteroatoms. The summed E-state index contributed by atoms with van der Waals surface area (Å²) in [5.41, 5.74) is 12.7. The Kier molecular flexibility index (Phi) is 18.2. The zero-order chi connectivity index (χ0) is 53.9. The molecule has 0 atom stereocenters. The number of methoxy groups -OCH3 is 1. The number of para-hydroxylation sites is 3. The Labute approximate surface area is 448 Å². The largest absolute Gasteiger partial charge is 0.486 e. The van der Waals surface area contributed by atoms with Gasteiger partial charge in [0.25, 0.3) is 0 Å². The second kappa shape index (κ2) is 24.9. The van der Waals surface area contributed by atoms with E-state index in [9.17, 15) is 25.3 Å². The zero-order valence-corrected chi connectivity index (χ0v) is 46.2. The molecule has 402 valence electrons. The van der Waals surface area contributed by atoms with Crippen LogP contribution in [0.5, 0.6) is 0 Å². The molecule has 0 spiro atoms. The van der Waals surface area contributed by atoms with Gasteiger partial charge in [0.15, 0.2) is 26.1 Å². The van der Waals surface area contributed by atoms with Crippen LogP contribution in [0.3, 0.4) is 0 Å². The highest BCUT2D eigenvalue weighted by Gasteiger charge is 2.26. The Morgan fingerprint density at radius 2 is 0.908 bits per heavy atom. The molecule has 0 aliphatic carbocycles. The number of rotatable bonds is 13. The van der Waals surface area contributed by atoms with Gasteiger partial charge in [-0.3, -0.25) is 0 Å². The predicted octanol–water partition coefficient (Wildman–Crippen LogP) is 7.47. The lowest BCUT2D eigenvalue weighted by Gasteiger charge is -2.35. The molecule has 6 aromatic carbocycles. The van der Waals surface area contributed by atoms with Crippen molar-refractivity contribution in [3.63, 3.8) is 0 Å². The van der Waals surface area contributed by atoms with E-state index < -0.39 is 29.5 Å². The third kappa shape index (κ3) is 13.4. The summed E-state index contributed by atoms with van der Waals surface area (Å²) in [5, 5.41) is 0.750. The van der Waals surface area contributed by atoms with E-state index in [1.165, 1.54) is 13.5 Å². The van der Waals surface area contributed by atoms with Crippen LogP contribution in [0.1, 0.15) is 11.1 Å². The number of aliphatic imine (C=N–C) groups is 1. The zero-order valence-electron chi connectivity index (χ0n) is 43.7. The number of anilines is 4. The fraction of sp³-hybridized carbons (Fsp3) is 0.316. The van der Waals surface area contributed by atoms with Crippen molar-refractivity contribution < 1.29 is 30.0 Å². The van der Waals surface area contributed by atoms with E-state index >= 15 is 0 Å². The van der Waals surface area contributed by atoms with Crippen molar-refractivity contribution in [1.82, 2.24) is 19.7 Å². The number of aromatic nitrogens is 1. The Morgan fingerprint density at radius 1 is 0.500 bits per heavy atom. The van der Waals surface area contributed by atoms with Crippen molar-refractivity contribution in [2.45, 2.75) is 31.1 Å². The average molecular weight is 1090 g/mol. The van der Waals surface area contributed by atoms with Gasteiger partial charge in [-0.15, -0.1) is 0 Å². The minimum Gasteiger partial charge on any atom is -0.486 e. The van der Waals surface area contributed by atoms with E-state index in [1.54, 1.807) is 97.2 Å². The minimum atomic E-state index is -3.54. The van der Waals surface area contributed by atoms with Gasteiger partial charge in [-0.05, 0) is 86.9 Å². The first-order chi connectivity index (χ1) is 36.6. The number of nitrogens with one attached hydrogen (secondary N) is 1. The maximum absolute atomic E-state index is 13.0. The van der Waals surface area contributed by atoms with Crippen molar-refractivity contribution >= 4 is 75.3 Å². The Morgan fingerprint density at radius 3 is 1.41 bits per heavy atom. The van der Waals surface area contributed by atoms with Crippen molar-refractivity contribution in [1.29, 1.82) is 0 Å². The van der Waals surface area contributed by atoms with Crippen molar-refractivity contribution in [3.05, 3.63) is 163 Å². The van der Waals surface area contributed by atoms with Crippen LogP contribution in [-0.4, -0.2) is 158 Å². The number of aromatic amines is 1. The first-order valence-electron chi connectivity index (χ1n) is 25.4. The number of hydrogen-bond acceptors (Lipinski definition) is 15. The van der Waals surface area contributed by atoms with Gasteiger partial charge in [0.1, 0.15) is 0 Å². The van der Waals surface area contributed by atoms with Gasteiger partial charge in [0.05, 0.1) is 72.2 Å². The van der Waals surface area contributed by atoms with Crippen molar-refractivity contribution in [2.75, 3.05) is 127 Å². The van der Waals surface area contributed by atoms with E-state index in [4.69, 9.17) is 10.5 Å². The predicted molar refractivity (Wildman–Crippen MR) is 306 cm³/mol. The van der Waals surface area contributed by atoms with Gasteiger partial charge in [-0.1, -0.05) is 91.0 Å². The third-order valence-electron chi connectivity index (χ3n) is 14.0. The van der Waals surface area contributed by atoms with Crippen molar-refractivity contribution in [2.24, 2.45) is 4.99 Å². The number of nitrogens with two attached hydrogens (primary N) is 1. The fourth-order valence-corrected chi connectivity index (χ4v) is 13.7. The maximum Gasteiger partial charge on any atom is 0.208 e. The Bertz CT molecular complexity index is 3400. The first-order valence-corrected chi connectivity index (χ1v) is 30.2. The molecule has 1 aromatic heterocycles. The smallest absolute Gasteiger partial charge is 0.208 e. The molecule has 4 heterocycles. The summed E-state index contributed by atoms with van der Waals surface area (Å²) in [6.07, 6.45) is 2.97. The summed E-state index contributed by atoms with van der Waals surface area (Å²) in [5.74, 6) is -0.181. The Hall–Kier alpha value is -6.74. The molecule has 16 nitrogen and oxygen atoms in total. The monoisotopic (exact) mass is 1090 g/mol. The van der Waals surface area contributed by atoms with E-state index in [2.05, 4.69) is 66.6 Å². The first kappa shape index (κ1) is 55.5. The minimum absolute atomic E-state index is 0.0789. The average Bonchev–Trinajstić information content (AvgIpc) is 3.89. The molecular weight excluding hydrogens is 1020 g/mol. The quantitative estimate of drug-likeness (QED) is 0.0659. The van der Waals surface area contributed by atoms with E-state index in [0.29, 0.717) is 42.1 Å². The lowest BCUT2D eigenvalue weighted by molar-refractivity contribution is 0.313. The Balaban J connectivity index is 0.000000151. The van der Waals surface area contributed by atoms with E-state index in [0.717, 1.165) is 107 Å². The van der Waals surface area contributed by atoms with Crippen LogP contribution in [-0.2, 0) is 45.8 Å². The van der Waals surface area contributed by atoms with Crippen LogP contribution in [0.25, 0.3) is 10.9 Å². The summed E-state index contributed by atoms with van der Waals surface area (Å²) >= 11 is 0. The van der Waals surface area contributed by atoms with Crippen LogP contribution in [0.15, 0.2) is 176 Å². The molecule has 3 N–H and O–H groups in total. The van der Waals surface area contributed by atoms with Crippen LogP contribution >= 0.6 is 0 Å².